The summed E-state index contributed by atoms with van der Waals surface area (Å²) in [4.78, 5) is 11.6. The number of hydrogen-bond acceptors (Lipinski definition) is 5. The number of hydrogen-bond donors (Lipinski definition) is 0. The molecule has 1 aromatic rings. The van der Waals surface area contributed by atoms with Gasteiger partial charge in [0.25, 0.3) is 0 Å². The monoisotopic (exact) mass is 256 g/mol. The summed E-state index contributed by atoms with van der Waals surface area (Å²) in [5, 5.41) is 0. The molecule has 0 radical (unpaired) electrons. The number of carbonyl (C=O) groups is 1. The van der Waals surface area contributed by atoms with E-state index in [1.165, 1.54) is 0 Å². The number of esters is 1. The summed E-state index contributed by atoms with van der Waals surface area (Å²) < 4.78 is 26.0. The Balaban J connectivity index is 2.20. The van der Waals surface area contributed by atoms with Crippen molar-refractivity contribution in [2.24, 2.45) is 0 Å². The molecule has 0 aromatic heterocycles. The highest BCUT2D eigenvalue weighted by Crippen LogP contribution is 2.32. The van der Waals surface area contributed by atoms with Crippen LogP contribution in [0.4, 0.5) is 0 Å². The number of benzene rings is 1. The molecule has 0 saturated carbocycles. The van der Waals surface area contributed by atoms with E-state index in [9.17, 15) is 9.00 Å². The largest absolute Gasteiger partial charge is 0.464 e. The van der Waals surface area contributed by atoms with Crippen LogP contribution in [0.1, 0.15) is 18.6 Å². The van der Waals surface area contributed by atoms with Crippen LogP contribution in [0.5, 0.6) is 0 Å². The summed E-state index contributed by atoms with van der Waals surface area (Å²) in [6.07, 6.45) is -1.66. The van der Waals surface area contributed by atoms with Crippen LogP contribution in [0.25, 0.3) is 0 Å². The third-order valence-electron chi connectivity index (χ3n) is 2.29. The fourth-order valence-corrected chi connectivity index (χ4v) is 2.33. The predicted octanol–water partition coefficient (Wildman–Crippen LogP) is 1.28. The molecule has 1 aliphatic heterocycles. The standard InChI is InChI=1S/C11H12O5S/c1-2-14-11(12)10-9(15-17(13)16-10)8-6-4-3-5-7-8/h3-7,9-10H,2H2,1H3/t9-,10+,17?/m1/s1. The average molecular weight is 256 g/mol. The van der Waals surface area contributed by atoms with E-state index in [-0.39, 0.29) is 6.61 Å². The van der Waals surface area contributed by atoms with Gasteiger partial charge in [0.15, 0.2) is 0 Å². The van der Waals surface area contributed by atoms with Gasteiger partial charge in [0.1, 0.15) is 6.10 Å². The van der Waals surface area contributed by atoms with Gasteiger partial charge in [-0.2, -0.15) is 4.21 Å². The molecule has 1 fully saturated rings. The molecule has 1 unspecified atom stereocenters. The van der Waals surface area contributed by atoms with Gasteiger partial charge in [0.2, 0.25) is 6.10 Å². The summed E-state index contributed by atoms with van der Waals surface area (Å²) in [6, 6.07) is 9.02. The van der Waals surface area contributed by atoms with Crippen LogP contribution >= 0.6 is 0 Å². The van der Waals surface area contributed by atoms with Gasteiger partial charge in [0, 0.05) is 0 Å². The van der Waals surface area contributed by atoms with Crippen LogP contribution in [0.3, 0.4) is 0 Å². The van der Waals surface area contributed by atoms with E-state index in [0.29, 0.717) is 0 Å². The minimum absolute atomic E-state index is 0.243. The van der Waals surface area contributed by atoms with Crippen molar-refractivity contribution in [1.82, 2.24) is 0 Å². The maximum atomic E-state index is 11.6. The number of carbonyl (C=O) groups excluding carboxylic acids is 1. The van der Waals surface area contributed by atoms with Crippen LogP contribution in [0.15, 0.2) is 30.3 Å². The average Bonchev–Trinajstić information content (AvgIpc) is 2.73. The maximum absolute atomic E-state index is 11.6. The van der Waals surface area contributed by atoms with Gasteiger partial charge < -0.3 is 4.74 Å². The Morgan fingerprint density at radius 3 is 2.71 bits per heavy atom. The molecule has 0 bridgehead atoms. The fourth-order valence-electron chi connectivity index (χ4n) is 1.55. The second kappa shape index (κ2) is 5.39. The Kier molecular flexibility index (Phi) is 3.88. The first-order chi connectivity index (χ1) is 8.22. The van der Waals surface area contributed by atoms with Crippen molar-refractivity contribution in [2.45, 2.75) is 19.1 Å². The van der Waals surface area contributed by atoms with Crippen LogP contribution < -0.4 is 0 Å². The smallest absolute Gasteiger partial charge is 0.339 e. The number of ether oxygens (including phenoxy) is 1. The molecule has 0 N–H and O–H groups in total. The lowest BCUT2D eigenvalue weighted by Gasteiger charge is -2.13. The first-order valence-corrected chi connectivity index (χ1v) is 6.20. The van der Waals surface area contributed by atoms with Gasteiger partial charge in [-0.3, -0.25) is 4.18 Å². The molecule has 6 heteroatoms. The molecule has 1 aliphatic rings. The van der Waals surface area contributed by atoms with E-state index in [1.54, 1.807) is 19.1 Å². The van der Waals surface area contributed by atoms with Crippen molar-refractivity contribution in [1.29, 1.82) is 0 Å². The van der Waals surface area contributed by atoms with E-state index in [1.807, 2.05) is 18.2 Å². The van der Waals surface area contributed by atoms with Crippen molar-refractivity contribution in [3.05, 3.63) is 35.9 Å². The molecule has 0 amide bonds. The molecule has 0 spiro atoms. The van der Waals surface area contributed by atoms with E-state index in [2.05, 4.69) is 0 Å². The van der Waals surface area contributed by atoms with Crippen LogP contribution in [-0.4, -0.2) is 22.9 Å². The summed E-state index contributed by atoms with van der Waals surface area (Å²) in [7, 11) is 0. The summed E-state index contributed by atoms with van der Waals surface area (Å²) >= 11 is -1.91. The Morgan fingerprint density at radius 2 is 2.06 bits per heavy atom. The van der Waals surface area contributed by atoms with Crippen molar-refractivity contribution in [3.8, 4) is 0 Å². The minimum atomic E-state index is -1.91. The Morgan fingerprint density at radius 1 is 1.35 bits per heavy atom. The van der Waals surface area contributed by atoms with E-state index in [0.717, 1.165) is 5.56 Å². The van der Waals surface area contributed by atoms with Gasteiger partial charge in [-0.1, -0.05) is 30.3 Å². The highest BCUT2D eigenvalue weighted by molar-refractivity contribution is 7.75. The van der Waals surface area contributed by atoms with Crippen LogP contribution in [0.2, 0.25) is 0 Å². The van der Waals surface area contributed by atoms with Crippen molar-refractivity contribution >= 4 is 17.3 Å². The Bertz CT molecular complexity index is 419. The van der Waals surface area contributed by atoms with Gasteiger partial charge in [-0.15, -0.1) is 0 Å². The molecule has 1 aromatic carbocycles. The normalized spacial score (nSPS) is 27.9. The van der Waals surface area contributed by atoms with Crippen molar-refractivity contribution in [3.63, 3.8) is 0 Å². The van der Waals surface area contributed by atoms with Gasteiger partial charge in [-0.05, 0) is 12.5 Å². The molecule has 1 saturated heterocycles. The summed E-state index contributed by atoms with van der Waals surface area (Å²) in [5.74, 6) is -0.563. The number of rotatable bonds is 3. The Hall–Kier alpha value is -1.24. The third-order valence-corrected chi connectivity index (χ3v) is 3.02. The molecular formula is C11H12O5S. The summed E-state index contributed by atoms with van der Waals surface area (Å²) in [5.41, 5.74) is 0.733. The maximum Gasteiger partial charge on any atom is 0.339 e. The van der Waals surface area contributed by atoms with Crippen LogP contribution in [0, 0.1) is 0 Å². The van der Waals surface area contributed by atoms with Crippen molar-refractivity contribution in [2.75, 3.05) is 6.61 Å². The third kappa shape index (κ3) is 2.71. The molecule has 0 aliphatic carbocycles. The zero-order valence-electron chi connectivity index (χ0n) is 9.20. The minimum Gasteiger partial charge on any atom is -0.464 e. The van der Waals surface area contributed by atoms with Crippen molar-refractivity contribution < 1.29 is 22.1 Å². The van der Waals surface area contributed by atoms with E-state index in [4.69, 9.17) is 13.1 Å². The van der Waals surface area contributed by atoms with E-state index < -0.39 is 29.5 Å². The molecule has 1 heterocycles. The first-order valence-electron chi connectivity index (χ1n) is 5.20. The SMILES string of the molecule is CCOC(=O)[C@H]1OS(=O)O[C@@H]1c1ccccc1. The van der Waals surface area contributed by atoms with Gasteiger partial charge in [0.05, 0.1) is 6.61 Å². The Labute approximate surface area is 102 Å². The van der Waals surface area contributed by atoms with E-state index >= 15 is 0 Å². The van der Waals surface area contributed by atoms with Crippen LogP contribution in [-0.2, 0) is 29.3 Å². The lowest BCUT2D eigenvalue weighted by molar-refractivity contribution is -0.152. The summed E-state index contributed by atoms with van der Waals surface area (Å²) in [6.45, 7) is 1.94. The predicted molar refractivity (Wildman–Crippen MR) is 59.9 cm³/mol. The molecule has 92 valence electrons. The highest BCUT2D eigenvalue weighted by atomic mass is 32.2. The van der Waals surface area contributed by atoms with Gasteiger partial charge in [-0.25, -0.2) is 8.98 Å². The molecule has 5 nitrogen and oxygen atoms in total. The lowest BCUT2D eigenvalue weighted by atomic mass is 10.0. The quantitative estimate of drug-likeness (QED) is 0.762. The molecule has 2 rings (SSSR count). The van der Waals surface area contributed by atoms with Gasteiger partial charge >= 0.3 is 17.3 Å². The topological polar surface area (TPSA) is 61.8 Å². The zero-order chi connectivity index (χ0) is 12.3. The second-order valence-electron chi connectivity index (χ2n) is 3.40. The fraction of sp³-hybridized carbons (Fsp3) is 0.364. The second-order valence-corrected chi connectivity index (χ2v) is 4.19. The zero-order valence-corrected chi connectivity index (χ0v) is 10.0. The first kappa shape index (κ1) is 12.2. The molecule has 17 heavy (non-hydrogen) atoms. The highest BCUT2D eigenvalue weighted by Gasteiger charge is 2.42. The molecular weight excluding hydrogens is 244 g/mol. The molecule has 3 atom stereocenters. The lowest BCUT2D eigenvalue weighted by Crippen LogP contribution is -2.28.